The van der Waals surface area contributed by atoms with E-state index in [-0.39, 0.29) is 0 Å². The van der Waals surface area contributed by atoms with Crippen molar-refractivity contribution in [1.82, 2.24) is 0 Å². The summed E-state index contributed by atoms with van der Waals surface area (Å²) in [5.41, 5.74) is 2.95. The van der Waals surface area contributed by atoms with Crippen molar-refractivity contribution in [3.8, 4) is 0 Å². The van der Waals surface area contributed by atoms with Gasteiger partial charge in [0, 0.05) is 7.11 Å². The Morgan fingerprint density at radius 3 is 2.15 bits per heavy atom. The summed E-state index contributed by atoms with van der Waals surface area (Å²) in [6, 6.07) is 0. The molecule has 1 nitrogen and oxygen atoms in total. The maximum Gasteiger partial charge on any atom is 0.0319 e. The first-order chi connectivity index (χ1) is 6.38. The highest BCUT2D eigenvalue weighted by atomic mass is 16.2. The second kappa shape index (κ2) is 7.81. The van der Waals surface area contributed by atoms with Crippen LogP contribution in [0.25, 0.3) is 0 Å². The molecule has 0 fully saturated rings. The van der Waals surface area contributed by atoms with Crippen molar-refractivity contribution in [2.45, 2.75) is 32.6 Å². The number of aliphatic hydroxyl groups excluding tert-OH is 1. The number of hydrogen-bond acceptors (Lipinski definition) is 1. The molecular weight excluding hydrogens is 160 g/mol. The molecule has 0 aliphatic heterocycles. The first kappa shape index (κ1) is 12.2. The van der Waals surface area contributed by atoms with Gasteiger partial charge >= 0.3 is 0 Å². The normalized spacial score (nSPS) is 16.8. The van der Waals surface area contributed by atoms with Crippen LogP contribution in [0.4, 0.5) is 0 Å². The van der Waals surface area contributed by atoms with E-state index in [1.165, 1.54) is 36.8 Å². The highest BCUT2D eigenvalue weighted by Gasteiger charge is 2.06. The molecule has 13 heavy (non-hydrogen) atoms. The summed E-state index contributed by atoms with van der Waals surface area (Å²) in [6.45, 7) is 5.90. The third-order valence-electron chi connectivity index (χ3n) is 2.17. The first-order valence-electron chi connectivity index (χ1n) is 4.80. The van der Waals surface area contributed by atoms with Crippen LogP contribution >= 0.6 is 0 Å². The molecule has 0 atom stereocenters. The molecule has 0 aromatic carbocycles. The van der Waals surface area contributed by atoms with E-state index in [2.05, 4.69) is 25.7 Å². The van der Waals surface area contributed by atoms with Gasteiger partial charge in [0.1, 0.15) is 0 Å². The Labute approximate surface area is 81.5 Å². The fourth-order valence-electron chi connectivity index (χ4n) is 1.58. The van der Waals surface area contributed by atoms with Crippen molar-refractivity contribution in [3.63, 3.8) is 0 Å². The van der Waals surface area contributed by atoms with E-state index in [1.54, 1.807) is 0 Å². The lowest BCUT2D eigenvalue weighted by molar-refractivity contribution is 0.399. The first-order valence-corrected chi connectivity index (χ1v) is 4.80. The van der Waals surface area contributed by atoms with E-state index < -0.39 is 0 Å². The van der Waals surface area contributed by atoms with Gasteiger partial charge in [-0.1, -0.05) is 24.8 Å². The van der Waals surface area contributed by atoms with Gasteiger partial charge in [-0.05, 0) is 43.8 Å². The van der Waals surface area contributed by atoms with Gasteiger partial charge in [-0.3, -0.25) is 0 Å². The van der Waals surface area contributed by atoms with Gasteiger partial charge in [0.15, 0.2) is 0 Å². The van der Waals surface area contributed by atoms with Crippen LogP contribution in [0, 0.1) is 0 Å². The van der Waals surface area contributed by atoms with Crippen molar-refractivity contribution < 1.29 is 5.11 Å². The van der Waals surface area contributed by atoms with Gasteiger partial charge < -0.3 is 5.11 Å². The van der Waals surface area contributed by atoms with Crippen molar-refractivity contribution >= 4 is 0 Å². The molecular formula is C12H20O. The van der Waals surface area contributed by atoms with Crippen LogP contribution < -0.4 is 0 Å². The topological polar surface area (TPSA) is 20.2 Å². The molecule has 0 spiro atoms. The summed E-state index contributed by atoms with van der Waals surface area (Å²) < 4.78 is 0. The third kappa shape index (κ3) is 4.09. The molecule has 1 N–H and O–H groups in total. The van der Waals surface area contributed by atoms with Crippen LogP contribution in [0.5, 0.6) is 0 Å². The highest BCUT2D eigenvalue weighted by molar-refractivity contribution is 5.33. The summed E-state index contributed by atoms with van der Waals surface area (Å²) in [4.78, 5) is 0. The van der Waals surface area contributed by atoms with Gasteiger partial charge in [0.05, 0.1) is 0 Å². The lowest BCUT2D eigenvalue weighted by Gasteiger charge is -2.14. The predicted molar refractivity (Wildman–Crippen MR) is 58.6 cm³/mol. The largest absolute Gasteiger partial charge is 0.400 e. The Hall–Kier alpha value is -0.820. The maximum absolute atomic E-state index is 7.00. The average Bonchev–Trinajstić information content (AvgIpc) is 2.22. The van der Waals surface area contributed by atoms with Gasteiger partial charge in [-0.15, -0.1) is 0 Å². The fraction of sp³-hybridized carbons (Fsp3) is 0.500. The number of rotatable bonds is 2. The summed E-state index contributed by atoms with van der Waals surface area (Å²) in [5, 5.41) is 7.00. The monoisotopic (exact) mass is 180 g/mol. The molecule has 0 amide bonds. The zero-order valence-corrected chi connectivity index (χ0v) is 8.71. The van der Waals surface area contributed by atoms with Crippen LogP contribution in [0.1, 0.15) is 32.6 Å². The molecule has 0 bridgehead atoms. The quantitative estimate of drug-likeness (QED) is 0.691. The van der Waals surface area contributed by atoms with Crippen molar-refractivity contribution in [3.05, 3.63) is 36.0 Å². The molecule has 1 rings (SSSR count). The second-order valence-electron chi connectivity index (χ2n) is 2.96. The zero-order valence-electron chi connectivity index (χ0n) is 8.71. The summed E-state index contributed by atoms with van der Waals surface area (Å²) in [7, 11) is 1.00. The average molecular weight is 180 g/mol. The summed E-state index contributed by atoms with van der Waals surface area (Å²) >= 11 is 0. The van der Waals surface area contributed by atoms with Crippen LogP contribution in [0.2, 0.25) is 0 Å². The van der Waals surface area contributed by atoms with Crippen LogP contribution in [0.3, 0.4) is 0 Å². The van der Waals surface area contributed by atoms with Crippen molar-refractivity contribution in [1.29, 1.82) is 0 Å². The highest BCUT2D eigenvalue weighted by Crippen LogP contribution is 2.25. The molecule has 0 saturated carbocycles. The number of allylic oxidation sites excluding steroid dienone is 5. The standard InChI is InChI=1S/C11H16.CH4O/c1-3-7-11-9-6-5-8-10(11)4-2;1-2/h3-4,7H,2,5-6,8-9H2,1H3;2H,1H3/b7-3-;. The van der Waals surface area contributed by atoms with Crippen molar-refractivity contribution in [2.24, 2.45) is 0 Å². The SMILES string of the molecule is C=CC1=C(/C=C\C)CCCC1.CO. The van der Waals surface area contributed by atoms with Crippen molar-refractivity contribution in [2.75, 3.05) is 7.11 Å². The van der Waals surface area contributed by atoms with Gasteiger partial charge in [-0.25, -0.2) is 0 Å². The maximum atomic E-state index is 7.00. The molecule has 0 radical (unpaired) electrons. The van der Waals surface area contributed by atoms with E-state index in [4.69, 9.17) is 5.11 Å². The number of hydrogen-bond donors (Lipinski definition) is 1. The molecule has 1 heteroatoms. The molecule has 0 aromatic heterocycles. The van der Waals surface area contributed by atoms with Gasteiger partial charge in [0.25, 0.3) is 0 Å². The van der Waals surface area contributed by atoms with E-state index in [9.17, 15) is 0 Å². The number of aliphatic hydroxyl groups is 1. The third-order valence-corrected chi connectivity index (χ3v) is 2.17. The Balaban J connectivity index is 0.000000671. The predicted octanol–water partition coefficient (Wildman–Crippen LogP) is 3.23. The Morgan fingerprint density at radius 1 is 1.15 bits per heavy atom. The van der Waals surface area contributed by atoms with E-state index in [0.717, 1.165) is 7.11 Å². The minimum atomic E-state index is 1.00. The van der Waals surface area contributed by atoms with Crippen LogP contribution in [-0.4, -0.2) is 12.2 Å². The lowest BCUT2D eigenvalue weighted by Crippen LogP contribution is -1.95. The Bertz CT molecular complexity index is 199. The molecule has 1 aliphatic rings. The zero-order chi connectivity index (χ0) is 10.1. The summed E-state index contributed by atoms with van der Waals surface area (Å²) in [5.74, 6) is 0. The molecule has 0 saturated heterocycles. The lowest BCUT2D eigenvalue weighted by atomic mass is 9.91. The van der Waals surface area contributed by atoms with Crippen LogP contribution in [-0.2, 0) is 0 Å². The molecule has 74 valence electrons. The smallest absolute Gasteiger partial charge is 0.0319 e. The molecule has 1 aliphatic carbocycles. The Morgan fingerprint density at radius 2 is 1.69 bits per heavy atom. The molecule has 0 unspecified atom stereocenters. The van der Waals surface area contributed by atoms with E-state index >= 15 is 0 Å². The second-order valence-corrected chi connectivity index (χ2v) is 2.96. The van der Waals surface area contributed by atoms with Gasteiger partial charge in [0.2, 0.25) is 0 Å². The van der Waals surface area contributed by atoms with Crippen LogP contribution in [0.15, 0.2) is 36.0 Å². The van der Waals surface area contributed by atoms with Gasteiger partial charge in [-0.2, -0.15) is 0 Å². The summed E-state index contributed by atoms with van der Waals surface area (Å²) in [6.07, 6.45) is 11.5. The molecule has 0 aromatic rings. The van der Waals surface area contributed by atoms with E-state index in [1.807, 2.05) is 6.08 Å². The van der Waals surface area contributed by atoms with E-state index in [0.29, 0.717) is 0 Å². The molecule has 0 heterocycles. The minimum absolute atomic E-state index is 1.00. The Kier molecular flexibility index (Phi) is 7.32. The minimum Gasteiger partial charge on any atom is -0.400 e. The fourth-order valence-corrected chi connectivity index (χ4v) is 1.58.